The van der Waals surface area contributed by atoms with E-state index < -0.39 is 24.1 Å². The van der Waals surface area contributed by atoms with Crippen molar-refractivity contribution in [2.75, 3.05) is 27.2 Å². The predicted molar refractivity (Wildman–Crippen MR) is 179 cm³/mol. The van der Waals surface area contributed by atoms with Crippen LogP contribution >= 0.6 is 0 Å². The van der Waals surface area contributed by atoms with Gasteiger partial charge in [0.15, 0.2) is 5.96 Å². The predicted octanol–water partition coefficient (Wildman–Crippen LogP) is 3.12. The van der Waals surface area contributed by atoms with Gasteiger partial charge in [0.1, 0.15) is 6.04 Å². The normalized spacial score (nSPS) is 11.3. The number of urea groups is 1. The Morgan fingerprint density at radius 2 is 1.37 bits per heavy atom. The molecule has 8 N–H and O–H groups in total. The molecule has 264 valence electrons. The topological polar surface area (TPSA) is 192 Å². The molecule has 49 heavy (non-hydrogen) atoms. The lowest BCUT2D eigenvalue weighted by Gasteiger charge is -2.23. The third kappa shape index (κ3) is 14.4. The molecular formula is C34H42F3N7O5. The molecule has 0 aromatic heterocycles. The molecule has 15 heteroatoms. The summed E-state index contributed by atoms with van der Waals surface area (Å²) in [5.41, 5.74) is 14.6. The number of nitrogens with one attached hydrogen (secondary N) is 3. The van der Waals surface area contributed by atoms with Crippen molar-refractivity contribution >= 4 is 29.8 Å². The molecule has 0 aliphatic rings. The molecule has 0 radical (unpaired) electrons. The maximum Gasteiger partial charge on any atom is 0.490 e. The number of rotatable bonds is 14. The fraction of sp³-hybridized carbons (Fsp3) is 0.324. The molecule has 0 unspecified atom stereocenters. The van der Waals surface area contributed by atoms with Gasteiger partial charge < -0.3 is 37.4 Å². The summed E-state index contributed by atoms with van der Waals surface area (Å²) in [5, 5.41) is 15.7. The minimum absolute atomic E-state index is 0.0167. The smallest absolute Gasteiger partial charge is 0.475 e. The van der Waals surface area contributed by atoms with Crippen LogP contribution in [0.2, 0.25) is 0 Å². The lowest BCUT2D eigenvalue weighted by atomic mass is 9.90. The van der Waals surface area contributed by atoms with Crippen LogP contribution < -0.4 is 27.4 Å². The van der Waals surface area contributed by atoms with Crippen molar-refractivity contribution in [3.05, 3.63) is 107 Å². The van der Waals surface area contributed by atoms with E-state index in [4.69, 9.17) is 21.4 Å². The number of guanidine groups is 1. The Labute approximate surface area is 282 Å². The summed E-state index contributed by atoms with van der Waals surface area (Å²) in [5.74, 6) is -3.90. The highest BCUT2D eigenvalue weighted by atomic mass is 19.4. The highest BCUT2D eigenvalue weighted by molar-refractivity contribution is 5.92. The van der Waals surface area contributed by atoms with Crippen LogP contribution in [0, 0.1) is 0 Å². The highest BCUT2D eigenvalue weighted by Gasteiger charge is 2.38. The van der Waals surface area contributed by atoms with Crippen LogP contribution in [0.15, 0.2) is 89.9 Å². The first kappa shape index (κ1) is 39.6. The summed E-state index contributed by atoms with van der Waals surface area (Å²) < 4.78 is 31.7. The lowest BCUT2D eigenvalue weighted by molar-refractivity contribution is -0.192. The second kappa shape index (κ2) is 19.9. The number of amides is 4. The first-order valence-corrected chi connectivity index (χ1v) is 15.3. The first-order valence-electron chi connectivity index (χ1n) is 15.3. The average Bonchev–Trinajstić information content (AvgIpc) is 3.08. The van der Waals surface area contributed by atoms with Crippen molar-refractivity contribution in [2.24, 2.45) is 16.5 Å². The molecule has 0 spiro atoms. The maximum absolute atomic E-state index is 13.7. The van der Waals surface area contributed by atoms with Gasteiger partial charge in [-0.25, -0.2) is 9.59 Å². The van der Waals surface area contributed by atoms with Crippen molar-refractivity contribution in [1.82, 2.24) is 20.9 Å². The molecule has 0 bridgehead atoms. The Morgan fingerprint density at radius 1 is 0.857 bits per heavy atom. The fourth-order valence-corrected chi connectivity index (χ4v) is 4.54. The quantitative estimate of drug-likeness (QED) is 0.0853. The number of nitrogens with two attached hydrogens (primary N) is 2. The Kier molecular flexibility index (Phi) is 16.1. The lowest BCUT2D eigenvalue weighted by Crippen LogP contribution is -2.48. The van der Waals surface area contributed by atoms with E-state index in [1.807, 2.05) is 84.9 Å². The number of hydrogen-bond acceptors (Lipinski definition) is 5. The van der Waals surface area contributed by atoms with Crippen LogP contribution in [0.4, 0.5) is 18.0 Å². The molecule has 4 amide bonds. The fourth-order valence-electron chi connectivity index (χ4n) is 4.54. The van der Waals surface area contributed by atoms with Gasteiger partial charge in [0.25, 0.3) is 0 Å². The van der Waals surface area contributed by atoms with Crippen molar-refractivity contribution in [1.29, 1.82) is 0 Å². The second-order valence-electron chi connectivity index (χ2n) is 10.8. The van der Waals surface area contributed by atoms with Crippen LogP contribution in [-0.2, 0) is 27.3 Å². The van der Waals surface area contributed by atoms with Crippen LogP contribution in [0.5, 0.6) is 0 Å². The van der Waals surface area contributed by atoms with Gasteiger partial charge >= 0.3 is 18.2 Å². The molecule has 3 aromatic carbocycles. The van der Waals surface area contributed by atoms with Crippen LogP contribution in [0.1, 0.15) is 41.0 Å². The molecule has 0 saturated heterocycles. The SMILES string of the molecule is CNC(=O)N(C)CCc1ccc(CNC(=O)[C@@H](CCCN=C(N)N)NC(=O)C(c2ccccc2)c2ccccc2)cc1.O=C(O)C(F)(F)F. The van der Waals surface area contributed by atoms with Crippen LogP contribution in [0.3, 0.4) is 0 Å². The number of likely N-dealkylation sites (N-methyl/N-ethyl adjacent to an activating group) is 1. The largest absolute Gasteiger partial charge is 0.490 e. The van der Waals surface area contributed by atoms with Gasteiger partial charge in [0, 0.05) is 33.7 Å². The van der Waals surface area contributed by atoms with Gasteiger partial charge in [-0.1, -0.05) is 84.9 Å². The minimum atomic E-state index is -5.08. The number of benzene rings is 3. The average molecular weight is 686 g/mol. The molecule has 3 rings (SSSR count). The molecule has 0 saturated carbocycles. The number of hydrogen-bond donors (Lipinski definition) is 6. The van der Waals surface area contributed by atoms with Crippen LogP contribution in [0.25, 0.3) is 0 Å². The number of nitrogens with zero attached hydrogens (tertiary/aromatic N) is 2. The second-order valence-corrected chi connectivity index (χ2v) is 10.8. The van der Waals surface area contributed by atoms with Gasteiger partial charge in [-0.05, 0) is 41.5 Å². The monoisotopic (exact) mass is 685 g/mol. The Balaban J connectivity index is 0.00000107. The molecule has 3 aromatic rings. The third-order valence-electron chi connectivity index (χ3n) is 7.13. The van der Waals surface area contributed by atoms with E-state index in [9.17, 15) is 27.6 Å². The summed E-state index contributed by atoms with van der Waals surface area (Å²) in [7, 11) is 3.35. The summed E-state index contributed by atoms with van der Waals surface area (Å²) >= 11 is 0. The van der Waals surface area contributed by atoms with Crippen molar-refractivity contribution in [3.63, 3.8) is 0 Å². The standard InChI is InChI=1S/C32H41N7O3.C2HF3O2/c1-35-32(42)39(2)21-19-23-15-17-24(18-16-23)22-37-29(40)27(14-9-20-36-31(33)34)38-30(41)28(25-10-5-3-6-11-25)26-12-7-4-8-13-26;3-2(4,5)1(6)7/h3-8,10-13,15-18,27-28H,9,14,19-22H2,1-2H3,(H,35,42)(H,37,40)(H,38,41)(H4,33,34,36);(H,6,7)/t27-;/m1./s1. The van der Waals surface area contributed by atoms with E-state index in [-0.39, 0.29) is 23.8 Å². The summed E-state index contributed by atoms with van der Waals surface area (Å²) in [6.07, 6.45) is -3.50. The van der Waals surface area contributed by atoms with Gasteiger partial charge in [0.2, 0.25) is 11.8 Å². The summed E-state index contributed by atoms with van der Waals surface area (Å²) in [6, 6.07) is 26.0. The van der Waals surface area contributed by atoms with Gasteiger partial charge in [-0.15, -0.1) is 0 Å². The number of alkyl halides is 3. The zero-order valence-corrected chi connectivity index (χ0v) is 27.2. The van der Waals surface area contributed by atoms with Gasteiger partial charge in [-0.3, -0.25) is 14.6 Å². The number of halogens is 3. The number of carboxylic acid groups (broad SMARTS) is 1. The van der Waals surface area contributed by atoms with E-state index in [0.29, 0.717) is 38.9 Å². The van der Waals surface area contributed by atoms with Crippen LogP contribution in [-0.4, -0.2) is 79.2 Å². The summed E-state index contributed by atoms with van der Waals surface area (Å²) in [4.78, 5) is 53.3. The third-order valence-corrected chi connectivity index (χ3v) is 7.13. The molecule has 0 aliphatic carbocycles. The number of carboxylic acids is 1. The van der Waals surface area contributed by atoms with Gasteiger partial charge in [0.05, 0.1) is 5.92 Å². The Hall–Kier alpha value is -5.60. The zero-order valence-electron chi connectivity index (χ0n) is 27.2. The van der Waals surface area contributed by atoms with E-state index in [1.165, 1.54) is 0 Å². The number of aliphatic carboxylic acids is 1. The molecule has 12 nitrogen and oxygen atoms in total. The number of carbonyl (C=O) groups excluding carboxylic acids is 3. The van der Waals surface area contributed by atoms with E-state index in [1.54, 1.807) is 19.0 Å². The molecular weight excluding hydrogens is 643 g/mol. The van der Waals surface area contributed by atoms with Crippen molar-refractivity contribution in [3.8, 4) is 0 Å². The number of aliphatic imine (C=N–C) groups is 1. The number of carbonyl (C=O) groups is 4. The highest BCUT2D eigenvalue weighted by Crippen LogP contribution is 2.25. The first-order chi connectivity index (χ1) is 23.2. The van der Waals surface area contributed by atoms with E-state index in [0.717, 1.165) is 22.3 Å². The van der Waals surface area contributed by atoms with Crippen molar-refractivity contribution < 1.29 is 37.5 Å². The Morgan fingerprint density at radius 3 is 1.84 bits per heavy atom. The van der Waals surface area contributed by atoms with E-state index in [2.05, 4.69) is 20.9 Å². The molecule has 1 atom stereocenters. The minimum Gasteiger partial charge on any atom is -0.475 e. The Bertz CT molecular complexity index is 1480. The molecule has 0 fully saturated rings. The zero-order chi connectivity index (χ0) is 36.4. The maximum atomic E-state index is 13.7. The molecule has 0 aliphatic heterocycles. The van der Waals surface area contributed by atoms with Gasteiger partial charge in [-0.2, -0.15) is 13.2 Å². The molecule has 0 heterocycles. The van der Waals surface area contributed by atoms with E-state index >= 15 is 0 Å². The summed E-state index contributed by atoms with van der Waals surface area (Å²) in [6.45, 7) is 1.24. The van der Waals surface area contributed by atoms with Crippen molar-refractivity contribution in [2.45, 2.75) is 43.9 Å².